The van der Waals surface area contributed by atoms with Gasteiger partial charge in [-0.2, -0.15) is 0 Å². The van der Waals surface area contributed by atoms with E-state index in [4.69, 9.17) is 18.9 Å². The summed E-state index contributed by atoms with van der Waals surface area (Å²) in [6.07, 6.45) is 0.801. The highest BCUT2D eigenvalue weighted by atomic mass is 16.5. The van der Waals surface area contributed by atoms with Gasteiger partial charge in [0.15, 0.2) is 11.5 Å². The van der Waals surface area contributed by atoms with Crippen molar-refractivity contribution in [3.8, 4) is 17.2 Å². The first-order chi connectivity index (χ1) is 12.8. The first-order valence-electron chi connectivity index (χ1n) is 9.04. The zero-order valence-corrected chi connectivity index (χ0v) is 15.5. The van der Waals surface area contributed by atoms with Gasteiger partial charge in [0.25, 0.3) is 0 Å². The molecule has 0 bridgehead atoms. The molecule has 3 rings (SSSR count). The molecule has 1 atom stereocenters. The van der Waals surface area contributed by atoms with Crippen molar-refractivity contribution in [1.29, 1.82) is 0 Å². The third kappa shape index (κ3) is 4.90. The second kappa shape index (κ2) is 9.46. The number of hydrogen-bond acceptors (Lipinski definition) is 5. The summed E-state index contributed by atoms with van der Waals surface area (Å²) in [5, 5.41) is 0. The quantitative estimate of drug-likeness (QED) is 0.723. The van der Waals surface area contributed by atoms with Crippen LogP contribution in [0.2, 0.25) is 0 Å². The summed E-state index contributed by atoms with van der Waals surface area (Å²) in [7, 11) is 3.35. The first-order valence-corrected chi connectivity index (χ1v) is 9.04. The van der Waals surface area contributed by atoms with Crippen LogP contribution in [0.15, 0.2) is 48.5 Å². The van der Waals surface area contributed by atoms with Crippen LogP contribution < -0.4 is 14.2 Å². The molecule has 2 aromatic carbocycles. The van der Waals surface area contributed by atoms with Crippen molar-refractivity contribution in [3.63, 3.8) is 0 Å². The van der Waals surface area contributed by atoms with E-state index in [1.165, 1.54) is 0 Å². The molecule has 2 aromatic rings. The zero-order valence-electron chi connectivity index (χ0n) is 15.5. The number of nitrogens with zero attached hydrogens (tertiary/aromatic N) is 1. The van der Waals surface area contributed by atoms with Crippen LogP contribution in [0.1, 0.15) is 18.1 Å². The molecule has 0 radical (unpaired) electrons. The van der Waals surface area contributed by atoms with E-state index in [1.807, 2.05) is 42.5 Å². The Labute approximate surface area is 155 Å². The van der Waals surface area contributed by atoms with Crippen LogP contribution in [0.5, 0.6) is 17.2 Å². The number of benzene rings is 2. The Balaban J connectivity index is 1.77. The van der Waals surface area contributed by atoms with Crippen molar-refractivity contribution in [1.82, 2.24) is 4.90 Å². The van der Waals surface area contributed by atoms with E-state index in [0.29, 0.717) is 0 Å². The van der Waals surface area contributed by atoms with Crippen LogP contribution in [0, 0.1) is 0 Å². The molecule has 5 heteroatoms. The number of rotatable bonds is 8. The Morgan fingerprint density at radius 2 is 1.73 bits per heavy atom. The molecule has 0 aromatic heterocycles. The van der Waals surface area contributed by atoms with Gasteiger partial charge in [-0.1, -0.05) is 24.3 Å². The lowest BCUT2D eigenvalue weighted by Gasteiger charge is -2.29. The molecule has 1 aliphatic rings. The van der Waals surface area contributed by atoms with Crippen molar-refractivity contribution in [2.24, 2.45) is 0 Å². The highest BCUT2D eigenvalue weighted by Crippen LogP contribution is 2.33. The fourth-order valence-corrected chi connectivity index (χ4v) is 3.13. The molecule has 0 saturated carbocycles. The summed E-state index contributed by atoms with van der Waals surface area (Å²) in [6.45, 7) is 4.51. The Hall–Kier alpha value is -2.24. The molecule has 140 valence electrons. The molecule has 1 heterocycles. The van der Waals surface area contributed by atoms with Gasteiger partial charge in [-0.25, -0.2) is 0 Å². The molecule has 0 amide bonds. The van der Waals surface area contributed by atoms with E-state index in [0.717, 1.165) is 62.1 Å². The Kier molecular flexibility index (Phi) is 6.75. The lowest BCUT2D eigenvalue weighted by atomic mass is 10.1. The maximum absolute atomic E-state index is 6.37. The third-order valence-corrected chi connectivity index (χ3v) is 4.62. The molecule has 0 unspecified atom stereocenters. The standard InChI is InChI=1S/C21H27NO4/c1-23-18-7-5-6-17(16-18)19(10-11-22-12-14-25-15-13-22)26-21-9-4-3-8-20(21)24-2/h3-9,16,19H,10-15H2,1-2H3/t19-/m0/s1. The van der Waals surface area contributed by atoms with E-state index in [2.05, 4.69) is 11.0 Å². The van der Waals surface area contributed by atoms with Gasteiger partial charge in [0.2, 0.25) is 0 Å². The summed E-state index contributed by atoms with van der Waals surface area (Å²) in [5.74, 6) is 2.33. The molecule has 0 N–H and O–H groups in total. The summed E-state index contributed by atoms with van der Waals surface area (Å²) in [4.78, 5) is 2.42. The number of ether oxygens (including phenoxy) is 4. The maximum atomic E-state index is 6.37. The van der Waals surface area contributed by atoms with E-state index < -0.39 is 0 Å². The molecule has 1 aliphatic heterocycles. The fourth-order valence-electron chi connectivity index (χ4n) is 3.13. The second-order valence-electron chi connectivity index (χ2n) is 6.28. The molecule has 5 nitrogen and oxygen atoms in total. The normalized spacial score (nSPS) is 16.1. The first kappa shape index (κ1) is 18.5. The lowest BCUT2D eigenvalue weighted by Crippen LogP contribution is -2.37. The summed E-state index contributed by atoms with van der Waals surface area (Å²) in [5.41, 5.74) is 1.10. The van der Waals surface area contributed by atoms with E-state index in [-0.39, 0.29) is 6.10 Å². The topological polar surface area (TPSA) is 40.2 Å². The smallest absolute Gasteiger partial charge is 0.162 e. The van der Waals surface area contributed by atoms with Crippen molar-refractivity contribution < 1.29 is 18.9 Å². The number of para-hydroxylation sites is 2. The summed E-state index contributed by atoms with van der Waals surface area (Å²) < 4.78 is 22.6. The Morgan fingerprint density at radius 1 is 0.962 bits per heavy atom. The minimum atomic E-state index is -0.0794. The fraction of sp³-hybridized carbons (Fsp3) is 0.429. The molecule has 1 fully saturated rings. The van der Waals surface area contributed by atoms with Crippen LogP contribution in [0.3, 0.4) is 0 Å². The monoisotopic (exact) mass is 357 g/mol. The molecule has 0 aliphatic carbocycles. The van der Waals surface area contributed by atoms with E-state index in [1.54, 1.807) is 14.2 Å². The number of methoxy groups -OCH3 is 2. The van der Waals surface area contributed by atoms with Gasteiger partial charge < -0.3 is 18.9 Å². The molecular weight excluding hydrogens is 330 g/mol. The van der Waals surface area contributed by atoms with Crippen molar-refractivity contribution in [2.75, 3.05) is 47.1 Å². The van der Waals surface area contributed by atoms with Crippen molar-refractivity contribution >= 4 is 0 Å². The lowest BCUT2D eigenvalue weighted by molar-refractivity contribution is 0.0316. The zero-order chi connectivity index (χ0) is 18.2. The Morgan fingerprint density at radius 3 is 2.46 bits per heavy atom. The van der Waals surface area contributed by atoms with Crippen LogP contribution in [-0.4, -0.2) is 52.0 Å². The minimum Gasteiger partial charge on any atom is -0.497 e. The largest absolute Gasteiger partial charge is 0.497 e. The predicted molar refractivity (Wildman–Crippen MR) is 101 cm³/mol. The molecule has 1 saturated heterocycles. The number of hydrogen-bond donors (Lipinski definition) is 0. The Bertz CT molecular complexity index is 685. The van der Waals surface area contributed by atoms with E-state index >= 15 is 0 Å². The summed E-state index contributed by atoms with van der Waals surface area (Å²) >= 11 is 0. The SMILES string of the molecule is COc1cccc([C@H](CCN2CCOCC2)Oc2ccccc2OC)c1. The minimum absolute atomic E-state index is 0.0794. The van der Waals surface area contributed by atoms with E-state index in [9.17, 15) is 0 Å². The van der Waals surface area contributed by atoms with Gasteiger partial charge in [0.05, 0.1) is 27.4 Å². The van der Waals surface area contributed by atoms with Gasteiger partial charge in [-0.3, -0.25) is 4.90 Å². The van der Waals surface area contributed by atoms with Crippen LogP contribution in [-0.2, 0) is 4.74 Å². The van der Waals surface area contributed by atoms with Gasteiger partial charge in [0, 0.05) is 26.1 Å². The van der Waals surface area contributed by atoms with Crippen molar-refractivity contribution in [2.45, 2.75) is 12.5 Å². The third-order valence-electron chi connectivity index (χ3n) is 4.62. The molecular formula is C21H27NO4. The highest BCUT2D eigenvalue weighted by molar-refractivity contribution is 5.40. The van der Waals surface area contributed by atoms with Gasteiger partial charge in [-0.05, 0) is 29.8 Å². The average molecular weight is 357 g/mol. The van der Waals surface area contributed by atoms with Crippen LogP contribution in [0.4, 0.5) is 0 Å². The second-order valence-corrected chi connectivity index (χ2v) is 6.28. The highest BCUT2D eigenvalue weighted by Gasteiger charge is 2.19. The van der Waals surface area contributed by atoms with Crippen LogP contribution >= 0.6 is 0 Å². The van der Waals surface area contributed by atoms with Gasteiger partial charge in [0.1, 0.15) is 11.9 Å². The maximum Gasteiger partial charge on any atom is 0.162 e. The van der Waals surface area contributed by atoms with Crippen molar-refractivity contribution in [3.05, 3.63) is 54.1 Å². The van der Waals surface area contributed by atoms with Gasteiger partial charge in [-0.15, -0.1) is 0 Å². The molecule has 26 heavy (non-hydrogen) atoms. The van der Waals surface area contributed by atoms with Gasteiger partial charge >= 0.3 is 0 Å². The van der Waals surface area contributed by atoms with Crippen LogP contribution in [0.25, 0.3) is 0 Å². The number of morpholine rings is 1. The summed E-state index contributed by atoms with van der Waals surface area (Å²) in [6, 6.07) is 15.8. The predicted octanol–water partition coefficient (Wildman–Crippen LogP) is 3.55. The molecule has 0 spiro atoms. The average Bonchev–Trinajstić information content (AvgIpc) is 2.72.